The highest BCUT2D eigenvalue weighted by Gasteiger charge is 2.25. The molecular weight excluding hydrogens is 468 g/mol. The van der Waals surface area contributed by atoms with Gasteiger partial charge in [-0.05, 0) is 61.4 Å². The summed E-state index contributed by atoms with van der Waals surface area (Å²) in [5.41, 5.74) is 11.9. The van der Waals surface area contributed by atoms with E-state index in [0.29, 0.717) is 41.6 Å². The van der Waals surface area contributed by atoms with Gasteiger partial charge in [0.25, 0.3) is 5.91 Å². The van der Waals surface area contributed by atoms with E-state index in [-0.39, 0.29) is 29.1 Å². The fraction of sp³-hybridized carbons (Fsp3) is 0.200. The minimum Gasteiger partial charge on any atom is -0.457 e. The molecule has 0 saturated carbocycles. The van der Waals surface area contributed by atoms with Crippen molar-refractivity contribution in [2.75, 3.05) is 13.1 Å². The molecule has 1 heterocycles. The lowest BCUT2D eigenvalue weighted by molar-refractivity contribution is -0.127. The Morgan fingerprint density at radius 1 is 1.14 bits per heavy atom. The summed E-state index contributed by atoms with van der Waals surface area (Å²) < 4.78 is 5.75. The normalized spacial score (nSPS) is 16.2. The first kappa shape index (κ1) is 25.3. The van der Waals surface area contributed by atoms with Gasteiger partial charge in [-0.15, -0.1) is 0 Å². The van der Waals surface area contributed by atoms with Gasteiger partial charge < -0.3 is 26.4 Å². The SMILES string of the molecule is N#C/C=C/C(=O)N1CCCC(N/C(N)=C(\C(=N)c2ccc(Oc3ccc(Cl)cc3)cc2)C(N)=O)C1. The minimum atomic E-state index is -0.845. The van der Waals surface area contributed by atoms with Crippen LogP contribution in [-0.2, 0) is 9.59 Å². The lowest BCUT2D eigenvalue weighted by atomic mass is 10.0. The first-order valence-corrected chi connectivity index (χ1v) is 11.2. The number of nitriles is 1. The first-order valence-electron chi connectivity index (χ1n) is 10.8. The van der Waals surface area contributed by atoms with Crippen molar-refractivity contribution in [1.29, 1.82) is 10.7 Å². The van der Waals surface area contributed by atoms with Crippen LogP contribution in [0.3, 0.4) is 0 Å². The van der Waals surface area contributed by atoms with Crippen molar-refractivity contribution >= 4 is 29.1 Å². The third-order valence-electron chi connectivity index (χ3n) is 5.35. The molecule has 1 fully saturated rings. The number of likely N-dealkylation sites (tertiary alicyclic amines) is 1. The van der Waals surface area contributed by atoms with Crippen LogP contribution >= 0.6 is 11.6 Å². The molecule has 180 valence electrons. The number of piperidine rings is 1. The zero-order chi connectivity index (χ0) is 25.4. The molecule has 3 rings (SSSR count). The molecule has 0 spiro atoms. The van der Waals surface area contributed by atoms with Crippen LogP contribution in [0.25, 0.3) is 0 Å². The molecule has 1 unspecified atom stereocenters. The summed E-state index contributed by atoms with van der Waals surface area (Å²) in [6.45, 7) is 0.894. The lowest BCUT2D eigenvalue weighted by Crippen LogP contribution is -2.49. The molecule has 0 radical (unpaired) electrons. The Hall–Kier alpha value is -4.29. The maximum Gasteiger partial charge on any atom is 0.254 e. The molecule has 1 atom stereocenters. The minimum absolute atomic E-state index is 0.0316. The Balaban J connectivity index is 1.72. The van der Waals surface area contributed by atoms with Gasteiger partial charge >= 0.3 is 0 Å². The van der Waals surface area contributed by atoms with E-state index in [1.54, 1.807) is 59.5 Å². The maximum atomic E-state index is 12.2. The summed E-state index contributed by atoms with van der Waals surface area (Å²) in [7, 11) is 0. The molecule has 2 aromatic carbocycles. The van der Waals surface area contributed by atoms with Crippen LogP contribution in [0.15, 0.2) is 72.1 Å². The van der Waals surface area contributed by atoms with Crippen molar-refractivity contribution in [3.05, 3.63) is 82.7 Å². The fourth-order valence-electron chi connectivity index (χ4n) is 3.66. The van der Waals surface area contributed by atoms with E-state index in [0.717, 1.165) is 12.5 Å². The summed E-state index contributed by atoms with van der Waals surface area (Å²) in [5.74, 6) is -0.00841. The number of hydrogen-bond donors (Lipinski definition) is 4. The Labute approximate surface area is 208 Å². The van der Waals surface area contributed by atoms with Gasteiger partial charge in [-0.25, -0.2) is 0 Å². The lowest BCUT2D eigenvalue weighted by Gasteiger charge is -2.33. The van der Waals surface area contributed by atoms with Gasteiger partial charge in [0.2, 0.25) is 5.91 Å². The quantitative estimate of drug-likeness (QED) is 0.252. The highest BCUT2D eigenvalue weighted by atomic mass is 35.5. The number of nitrogens with one attached hydrogen (secondary N) is 2. The van der Waals surface area contributed by atoms with Gasteiger partial charge in [-0.3, -0.25) is 15.0 Å². The van der Waals surface area contributed by atoms with E-state index < -0.39 is 5.91 Å². The average Bonchev–Trinajstić information content (AvgIpc) is 2.84. The van der Waals surface area contributed by atoms with Crippen LogP contribution in [-0.4, -0.2) is 41.6 Å². The molecule has 2 aromatic rings. The Kier molecular flexibility index (Phi) is 8.48. The number of carbonyl (C=O) groups excluding carboxylic acids is 2. The number of amides is 2. The predicted octanol–water partition coefficient (Wildman–Crippen LogP) is 2.82. The smallest absolute Gasteiger partial charge is 0.254 e. The van der Waals surface area contributed by atoms with Gasteiger partial charge in [0, 0.05) is 41.9 Å². The number of rotatable bonds is 8. The van der Waals surface area contributed by atoms with Gasteiger partial charge in [0.05, 0.1) is 11.8 Å². The zero-order valence-corrected chi connectivity index (χ0v) is 19.6. The molecule has 35 heavy (non-hydrogen) atoms. The highest BCUT2D eigenvalue weighted by molar-refractivity contribution is 6.30. The Bertz CT molecular complexity index is 1200. The van der Waals surface area contributed by atoms with E-state index in [4.69, 9.17) is 38.5 Å². The number of hydrogen-bond acceptors (Lipinski definition) is 7. The van der Waals surface area contributed by atoms with Crippen LogP contribution in [0.1, 0.15) is 18.4 Å². The molecule has 0 aliphatic carbocycles. The third kappa shape index (κ3) is 6.85. The number of nitrogens with two attached hydrogens (primary N) is 2. The molecule has 1 aliphatic heterocycles. The number of carbonyl (C=O) groups is 2. The van der Waals surface area contributed by atoms with E-state index >= 15 is 0 Å². The average molecular weight is 493 g/mol. The second kappa shape index (κ2) is 11.7. The van der Waals surface area contributed by atoms with Gasteiger partial charge in [-0.1, -0.05) is 11.6 Å². The van der Waals surface area contributed by atoms with Crippen LogP contribution < -0.4 is 21.5 Å². The van der Waals surface area contributed by atoms with E-state index in [2.05, 4.69) is 5.32 Å². The van der Waals surface area contributed by atoms with Crippen molar-refractivity contribution < 1.29 is 14.3 Å². The molecule has 9 nitrogen and oxygen atoms in total. The number of primary amides is 1. The number of halogens is 1. The van der Waals surface area contributed by atoms with Crippen LogP contribution in [0.4, 0.5) is 0 Å². The molecule has 10 heteroatoms. The van der Waals surface area contributed by atoms with Crippen molar-refractivity contribution in [3.8, 4) is 17.6 Å². The van der Waals surface area contributed by atoms with E-state index in [1.165, 1.54) is 6.08 Å². The molecule has 2 amide bonds. The largest absolute Gasteiger partial charge is 0.457 e. The summed E-state index contributed by atoms with van der Waals surface area (Å²) in [6, 6.07) is 15.1. The van der Waals surface area contributed by atoms with E-state index in [9.17, 15) is 9.59 Å². The monoisotopic (exact) mass is 492 g/mol. The summed E-state index contributed by atoms with van der Waals surface area (Å²) in [5, 5.41) is 20.8. The van der Waals surface area contributed by atoms with Gasteiger partial charge in [-0.2, -0.15) is 5.26 Å². The molecule has 0 aromatic heterocycles. The molecule has 1 aliphatic rings. The molecule has 0 bridgehead atoms. The van der Waals surface area contributed by atoms with Crippen molar-refractivity contribution in [2.24, 2.45) is 11.5 Å². The Morgan fingerprint density at radius 2 is 1.77 bits per heavy atom. The molecule has 6 N–H and O–H groups in total. The maximum absolute atomic E-state index is 12.2. The second-order valence-corrected chi connectivity index (χ2v) is 8.27. The topological polar surface area (TPSA) is 158 Å². The molecule has 1 saturated heterocycles. The van der Waals surface area contributed by atoms with Crippen molar-refractivity contribution in [3.63, 3.8) is 0 Å². The zero-order valence-electron chi connectivity index (χ0n) is 18.8. The number of allylic oxidation sites excluding steroid dienone is 1. The van der Waals surface area contributed by atoms with Gasteiger partial charge in [0.15, 0.2) is 0 Å². The number of ether oxygens (including phenoxy) is 1. The van der Waals surface area contributed by atoms with Crippen LogP contribution in [0.5, 0.6) is 11.5 Å². The fourth-order valence-corrected chi connectivity index (χ4v) is 3.79. The number of benzene rings is 2. The second-order valence-electron chi connectivity index (χ2n) is 7.84. The standard InChI is InChI=1S/C25H25ClN6O3/c26-17-7-11-20(12-8-17)35-19-9-5-16(6-10-19)23(28)22(25(30)34)24(29)31-18-3-2-14-32(15-18)21(33)4-1-13-27/h1,4-12,18,28,31H,2-3,14-15,29H2,(H2,30,34)/b4-1+,24-22+,28-23?. The van der Waals surface area contributed by atoms with Crippen LogP contribution in [0.2, 0.25) is 5.02 Å². The summed E-state index contributed by atoms with van der Waals surface area (Å²) in [6.07, 6.45) is 3.77. The summed E-state index contributed by atoms with van der Waals surface area (Å²) >= 11 is 5.88. The molecular formula is C25H25ClN6O3. The highest BCUT2D eigenvalue weighted by Crippen LogP contribution is 2.24. The van der Waals surface area contributed by atoms with Crippen molar-refractivity contribution in [2.45, 2.75) is 18.9 Å². The Morgan fingerprint density at radius 3 is 2.37 bits per heavy atom. The van der Waals surface area contributed by atoms with E-state index in [1.807, 2.05) is 0 Å². The first-order chi connectivity index (χ1) is 16.8. The van der Waals surface area contributed by atoms with Gasteiger partial charge in [0.1, 0.15) is 22.9 Å². The summed E-state index contributed by atoms with van der Waals surface area (Å²) in [4.78, 5) is 26.0. The third-order valence-corrected chi connectivity index (χ3v) is 5.60. The number of nitrogens with zero attached hydrogens (tertiary/aromatic N) is 2. The van der Waals surface area contributed by atoms with Crippen LogP contribution in [0, 0.1) is 16.7 Å². The van der Waals surface area contributed by atoms with Crippen molar-refractivity contribution in [1.82, 2.24) is 10.2 Å². The predicted molar refractivity (Wildman–Crippen MR) is 133 cm³/mol.